The molecule has 2 aromatic carbocycles. The predicted molar refractivity (Wildman–Crippen MR) is 96.3 cm³/mol. The zero-order valence-electron chi connectivity index (χ0n) is 12.8. The van der Waals surface area contributed by atoms with Crippen molar-refractivity contribution in [3.63, 3.8) is 0 Å². The third-order valence-corrected chi connectivity index (χ3v) is 4.32. The van der Waals surface area contributed by atoms with E-state index in [4.69, 9.17) is 23.2 Å². The first-order valence-corrected chi connectivity index (χ1v) is 8.17. The molecule has 1 aliphatic heterocycles. The number of anilines is 2. The van der Waals surface area contributed by atoms with E-state index in [0.29, 0.717) is 22.8 Å². The van der Waals surface area contributed by atoms with Crippen molar-refractivity contribution in [1.82, 2.24) is 0 Å². The first kappa shape index (κ1) is 16.6. The van der Waals surface area contributed by atoms with Crippen molar-refractivity contribution in [3.05, 3.63) is 69.8 Å². The maximum absolute atomic E-state index is 12.8. The zero-order valence-corrected chi connectivity index (χ0v) is 14.4. The molecule has 0 radical (unpaired) electrons. The van der Waals surface area contributed by atoms with E-state index in [0.717, 1.165) is 10.5 Å². The van der Waals surface area contributed by atoms with Crippen LogP contribution in [-0.4, -0.2) is 11.8 Å². The normalized spacial score (nSPS) is 14.5. The minimum atomic E-state index is -0.535. The highest BCUT2D eigenvalue weighted by Crippen LogP contribution is 2.32. The first-order chi connectivity index (χ1) is 11.5. The molecule has 2 amide bonds. The molecule has 0 atom stereocenters. The Hall–Kier alpha value is -2.30. The SMILES string of the molecule is CCc1ccccc1N1C(=O)C(Cl)=C(Nc2cccc(Cl)c2)C1=O. The molecule has 0 aliphatic carbocycles. The third-order valence-electron chi connectivity index (χ3n) is 3.73. The third kappa shape index (κ3) is 2.90. The Kier molecular flexibility index (Phi) is 4.60. The van der Waals surface area contributed by atoms with Gasteiger partial charge in [0.25, 0.3) is 11.8 Å². The molecule has 1 heterocycles. The van der Waals surface area contributed by atoms with Gasteiger partial charge in [0.15, 0.2) is 0 Å². The number of halogens is 2. The van der Waals surface area contributed by atoms with Crippen LogP contribution in [-0.2, 0) is 16.0 Å². The lowest BCUT2D eigenvalue weighted by molar-refractivity contribution is -0.120. The van der Waals surface area contributed by atoms with Gasteiger partial charge in [-0.1, -0.05) is 54.4 Å². The number of imide groups is 1. The van der Waals surface area contributed by atoms with Gasteiger partial charge in [0, 0.05) is 10.7 Å². The maximum atomic E-state index is 12.8. The minimum Gasteiger partial charge on any atom is -0.350 e. The lowest BCUT2D eigenvalue weighted by Crippen LogP contribution is -2.33. The van der Waals surface area contributed by atoms with E-state index in [2.05, 4.69) is 5.32 Å². The van der Waals surface area contributed by atoms with Crippen molar-refractivity contribution in [3.8, 4) is 0 Å². The summed E-state index contributed by atoms with van der Waals surface area (Å²) < 4.78 is 0. The van der Waals surface area contributed by atoms with Crippen LogP contribution in [0, 0.1) is 0 Å². The number of nitrogens with zero attached hydrogens (tertiary/aromatic N) is 1. The van der Waals surface area contributed by atoms with Crippen molar-refractivity contribution in [2.24, 2.45) is 0 Å². The van der Waals surface area contributed by atoms with Crippen molar-refractivity contribution >= 4 is 46.4 Å². The molecule has 0 unspecified atom stereocenters. The molecule has 4 nitrogen and oxygen atoms in total. The van der Waals surface area contributed by atoms with Crippen LogP contribution >= 0.6 is 23.2 Å². The second-order valence-corrected chi connectivity index (χ2v) is 6.07. The van der Waals surface area contributed by atoms with Gasteiger partial charge in [-0.15, -0.1) is 0 Å². The van der Waals surface area contributed by atoms with Gasteiger partial charge >= 0.3 is 0 Å². The van der Waals surface area contributed by atoms with Crippen LogP contribution < -0.4 is 10.2 Å². The topological polar surface area (TPSA) is 49.4 Å². The molecule has 0 fully saturated rings. The quantitative estimate of drug-likeness (QED) is 0.825. The minimum absolute atomic E-state index is 0.0508. The van der Waals surface area contributed by atoms with Crippen LogP contribution in [0.3, 0.4) is 0 Å². The highest BCUT2D eigenvalue weighted by molar-refractivity contribution is 6.53. The first-order valence-electron chi connectivity index (χ1n) is 7.42. The monoisotopic (exact) mass is 360 g/mol. The maximum Gasteiger partial charge on any atom is 0.283 e. The number of carbonyl (C=O) groups excluding carboxylic acids is 2. The number of benzene rings is 2. The lowest BCUT2D eigenvalue weighted by Gasteiger charge is -2.18. The van der Waals surface area contributed by atoms with Crippen LogP contribution in [0.5, 0.6) is 0 Å². The van der Waals surface area contributed by atoms with Crippen LogP contribution in [0.2, 0.25) is 5.02 Å². The van der Waals surface area contributed by atoms with Gasteiger partial charge < -0.3 is 5.32 Å². The summed E-state index contributed by atoms with van der Waals surface area (Å²) in [6.07, 6.45) is 0.696. The Balaban J connectivity index is 1.96. The second kappa shape index (κ2) is 6.67. The molecular formula is C18H14Cl2N2O2. The van der Waals surface area contributed by atoms with Gasteiger partial charge in [0.1, 0.15) is 10.7 Å². The molecule has 0 aromatic heterocycles. The van der Waals surface area contributed by atoms with Gasteiger partial charge in [-0.05, 0) is 36.2 Å². The van der Waals surface area contributed by atoms with Gasteiger partial charge in [0.05, 0.1) is 5.69 Å². The van der Waals surface area contributed by atoms with E-state index in [-0.39, 0.29) is 10.7 Å². The predicted octanol–water partition coefficient (Wildman–Crippen LogP) is 4.34. The Morgan fingerprint density at radius 2 is 1.75 bits per heavy atom. The number of aryl methyl sites for hydroxylation is 1. The fourth-order valence-electron chi connectivity index (χ4n) is 2.57. The summed E-state index contributed by atoms with van der Waals surface area (Å²) in [4.78, 5) is 26.4. The van der Waals surface area contributed by atoms with Crippen molar-refractivity contribution < 1.29 is 9.59 Å². The van der Waals surface area contributed by atoms with Crippen LogP contribution in [0.25, 0.3) is 0 Å². The average Bonchev–Trinajstić information content (AvgIpc) is 2.78. The molecule has 2 aromatic rings. The standard InChI is InChI=1S/C18H14Cl2N2O2/c1-2-11-6-3-4-9-14(11)22-17(23)15(20)16(18(22)24)21-13-8-5-7-12(19)10-13/h3-10,21H,2H2,1H3. The lowest BCUT2D eigenvalue weighted by atomic mass is 10.1. The zero-order chi connectivity index (χ0) is 17.3. The second-order valence-electron chi connectivity index (χ2n) is 5.25. The number of nitrogens with one attached hydrogen (secondary N) is 1. The largest absolute Gasteiger partial charge is 0.350 e. The van der Waals surface area contributed by atoms with E-state index in [9.17, 15) is 9.59 Å². The summed E-state index contributed by atoms with van der Waals surface area (Å²) in [7, 11) is 0. The van der Waals surface area contributed by atoms with Gasteiger partial charge in [0.2, 0.25) is 0 Å². The highest BCUT2D eigenvalue weighted by atomic mass is 35.5. The summed E-state index contributed by atoms with van der Waals surface area (Å²) in [5, 5.41) is 3.28. The van der Waals surface area contributed by atoms with Gasteiger partial charge in [-0.25, -0.2) is 4.90 Å². The molecule has 0 spiro atoms. The highest BCUT2D eigenvalue weighted by Gasteiger charge is 2.39. The molecular weight excluding hydrogens is 347 g/mol. The van der Waals surface area contributed by atoms with E-state index in [1.807, 2.05) is 19.1 Å². The molecule has 1 aliphatic rings. The molecule has 24 heavy (non-hydrogen) atoms. The molecule has 1 N–H and O–H groups in total. The van der Waals surface area contributed by atoms with Crippen LogP contribution in [0.4, 0.5) is 11.4 Å². The molecule has 122 valence electrons. The number of hydrogen-bond acceptors (Lipinski definition) is 3. The number of para-hydroxylation sites is 1. The summed E-state index contributed by atoms with van der Waals surface area (Å²) in [5.41, 5.74) is 2.08. The fraction of sp³-hybridized carbons (Fsp3) is 0.111. The molecule has 6 heteroatoms. The fourth-order valence-corrected chi connectivity index (χ4v) is 2.97. The van der Waals surface area contributed by atoms with E-state index < -0.39 is 11.8 Å². The number of hydrogen-bond donors (Lipinski definition) is 1. The van der Waals surface area contributed by atoms with E-state index in [1.165, 1.54) is 0 Å². The smallest absolute Gasteiger partial charge is 0.283 e. The van der Waals surface area contributed by atoms with Crippen molar-refractivity contribution in [1.29, 1.82) is 0 Å². The Labute approximate surface area is 149 Å². The van der Waals surface area contributed by atoms with E-state index >= 15 is 0 Å². The number of amides is 2. The molecule has 0 saturated heterocycles. The van der Waals surface area contributed by atoms with Crippen LogP contribution in [0.15, 0.2) is 59.3 Å². The summed E-state index contributed by atoms with van der Waals surface area (Å²) in [6.45, 7) is 1.96. The molecule has 3 rings (SSSR count). The number of carbonyl (C=O) groups is 2. The molecule has 0 saturated carbocycles. The summed E-state index contributed by atoms with van der Waals surface area (Å²) in [6, 6.07) is 14.1. The Morgan fingerprint density at radius 3 is 2.46 bits per heavy atom. The molecule has 0 bridgehead atoms. The van der Waals surface area contributed by atoms with Crippen LogP contribution in [0.1, 0.15) is 12.5 Å². The average molecular weight is 361 g/mol. The van der Waals surface area contributed by atoms with Gasteiger partial charge in [-0.3, -0.25) is 9.59 Å². The van der Waals surface area contributed by atoms with Gasteiger partial charge in [-0.2, -0.15) is 0 Å². The summed E-state index contributed by atoms with van der Waals surface area (Å²) in [5.74, 6) is -1.02. The van der Waals surface area contributed by atoms with Crippen molar-refractivity contribution in [2.75, 3.05) is 10.2 Å². The van der Waals surface area contributed by atoms with Crippen molar-refractivity contribution in [2.45, 2.75) is 13.3 Å². The summed E-state index contributed by atoms with van der Waals surface area (Å²) >= 11 is 12.1. The van der Waals surface area contributed by atoms with E-state index in [1.54, 1.807) is 36.4 Å². The Bertz CT molecular complexity index is 862. The Morgan fingerprint density at radius 1 is 1.00 bits per heavy atom. The number of rotatable bonds is 4.